The Labute approximate surface area is 103 Å². The Morgan fingerprint density at radius 3 is 3.12 bits per heavy atom. The summed E-state index contributed by atoms with van der Waals surface area (Å²) in [4.78, 5) is 8.50. The lowest BCUT2D eigenvalue weighted by atomic mass is 10.3. The van der Waals surface area contributed by atoms with Gasteiger partial charge in [-0.25, -0.2) is 9.97 Å². The third kappa shape index (κ3) is 2.52. The van der Waals surface area contributed by atoms with Gasteiger partial charge in [-0.2, -0.15) is 0 Å². The molecule has 2 aromatic rings. The van der Waals surface area contributed by atoms with Crippen LogP contribution in [0.15, 0.2) is 23.2 Å². The summed E-state index contributed by atoms with van der Waals surface area (Å²) < 4.78 is 8.28. The molecule has 0 fully saturated rings. The van der Waals surface area contributed by atoms with Gasteiger partial charge in [0, 0.05) is 18.6 Å². The number of nitrogens with zero attached hydrogens (tertiary/aromatic N) is 3. The molecule has 2 aromatic heterocycles. The predicted molar refractivity (Wildman–Crippen MR) is 65.7 cm³/mol. The maximum absolute atomic E-state index is 5.64. The van der Waals surface area contributed by atoms with Crippen molar-refractivity contribution >= 4 is 21.6 Å². The van der Waals surface area contributed by atoms with Gasteiger partial charge in [-0.1, -0.05) is 19.8 Å². The summed E-state index contributed by atoms with van der Waals surface area (Å²) in [6.07, 6.45) is 8.90. The average molecular weight is 284 g/mol. The van der Waals surface area contributed by atoms with Crippen LogP contribution in [0.5, 0.6) is 5.88 Å². The summed E-state index contributed by atoms with van der Waals surface area (Å²) in [5.41, 5.74) is 0.764. The average Bonchev–Trinajstić information content (AvgIpc) is 2.72. The van der Waals surface area contributed by atoms with E-state index in [2.05, 4.69) is 32.8 Å². The Kier molecular flexibility index (Phi) is 3.77. The summed E-state index contributed by atoms with van der Waals surface area (Å²) in [6, 6.07) is 0. The lowest BCUT2D eigenvalue weighted by Crippen LogP contribution is -2.01. The van der Waals surface area contributed by atoms with Gasteiger partial charge in [0.25, 0.3) is 5.88 Å². The molecule has 16 heavy (non-hydrogen) atoms. The molecule has 4 nitrogen and oxygen atoms in total. The minimum Gasteiger partial charge on any atom is -0.475 e. The minimum atomic E-state index is 0.593. The van der Waals surface area contributed by atoms with Crippen LogP contribution in [0, 0.1) is 0 Å². The Hall–Kier alpha value is -1.10. The highest BCUT2D eigenvalue weighted by molar-refractivity contribution is 9.10. The fraction of sp³-hybridized carbons (Fsp3) is 0.455. The number of fused-ring (bicyclic) bond motifs is 1. The second kappa shape index (κ2) is 5.30. The molecule has 0 unspecified atom stereocenters. The molecule has 0 N–H and O–H groups in total. The molecule has 0 aliphatic carbocycles. The quantitative estimate of drug-likeness (QED) is 0.792. The number of aromatic nitrogens is 3. The van der Waals surface area contributed by atoms with Crippen LogP contribution in [-0.4, -0.2) is 21.0 Å². The molecule has 0 amide bonds. The van der Waals surface area contributed by atoms with Gasteiger partial charge < -0.3 is 4.74 Å². The van der Waals surface area contributed by atoms with E-state index >= 15 is 0 Å². The summed E-state index contributed by atoms with van der Waals surface area (Å²) in [7, 11) is 0. The van der Waals surface area contributed by atoms with Crippen LogP contribution in [0.2, 0.25) is 0 Å². The number of unbranched alkanes of at least 4 members (excludes halogenated alkanes) is 2. The first kappa shape index (κ1) is 11.4. The third-order valence-electron chi connectivity index (χ3n) is 2.30. The maximum atomic E-state index is 5.64. The number of hydrogen-bond donors (Lipinski definition) is 0. The second-order valence-electron chi connectivity index (χ2n) is 3.58. The molecule has 0 aromatic carbocycles. The first-order valence-corrected chi connectivity index (χ1v) is 6.22. The van der Waals surface area contributed by atoms with E-state index < -0.39 is 0 Å². The van der Waals surface area contributed by atoms with Gasteiger partial charge >= 0.3 is 0 Å². The Morgan fingerprint density at radius 1 is 1.44 bits per heavy atom. The normalized spacial score (nSPS) is 10.9. The fourth-order valence-electron chi connectivity index (χ4n) is 1.49. The Balaban J connectivity index is 2.12. The van der Waals surface area contributed by atoms with Gasteiger partial charge in [-0.05, 0) is 22.4 Å². The van der Waals surface area contributed by atoms with E-state index in [-0.39, 0.29) is 0 Å². The molecule has 0 aliphatic heterocycles. The molecule has 0 atom stereocenters. The van der Waals surface area contributed by atoms with Crippen molar-refractivity contribution in [3.63, 3.8) is 0 Å². The Morgan fingerprint density at radius 2 is 2.31 bits per heavy atom. The first-order chi connectivity index (χ1) is 7.81. The molecular weight excluding hydrogens is 270 g/mol. The monoisotopic (exact) mass is 283 g/mol. The van der Waals surface area contributed by atoms with Crippen LogP contribution in [-0.2, 0) is 0 Å². The number of hydrogen-bond acceptors (Lipinski definition) is 3. The van der Waals surface area contributed by atoms with E-state index in [9.17, 15) is 0 Å². The van der Waals surface area contributed by atoms with Crippen LogP contribution in [0.1, 0.15) is 26.2 Å². The Bertz CT molecular complexity index is 469. The van der Waals surface area contributed by atoms with Crippen molar-refractivity contribution in [1.29, 1.82) is 0 Å². The molecule has 0 saturated heterocycles. The number of rotatable bonds is 5. The fourth-order valence-corrected chi connectivity index (χ4v) is 1.87. The van der Waals surface area contributed by atoms with Gasteiger partial charge in [0.2, 0.25) is 5.65 Å². The lowest BCUT2D eigenvalue weighted by Gasteiger charge is -2.06. The highest BCUT2D eigenvalue weighted by Crippen LogP contribution is 2.19. The molecule has 0 saturated carbocycles. The first-order valence-electron chi connectivity index (χ1n) is 5.43. The highest BCUT2D eigenvalue weighted by atomic mass is 79.9. The van der Waals surface area contributed by atoms with Crippen molar-refractivity contribution in [2.75, 3.05) is 6.61 Å². The van der Waals surface area contributed by atoms with Crippen molar-refractivity contribution in [1.82, 2.24) is 14.4 Å². The van der Waals surface area contributed by atoms with E-state index in [0.717, 1.165) is 16.7 Å². The topological polar surface area (TPSA) is 39.4 Å². The van der Waals surface area contributed by atoms with Gasteiger partial charge in [0.1, 0.15) is 4.60 Å². The van der Waals surface area contributed by atoms with Crippen molar-refractivity contribution in [3.8, 4) is 5.88 Å². The predicted octanol–water partition coefficient (Wildman–Crippen LogP) is 3.06. The highest BCUT2D eigenvalue weighted by Gasteiger charge is 2.06. The van der Waals surface area contributed by atoms with E-state index in [1.54, 1.807) is 6.20 Å². The number of imidazole rings is 1. The van der Waals surface area contributed by atoms with E-state index in [1.807, 2.05) is 16.8 Å². The van der Waals surface area contributed by atoms with E-state index in [1.165, 1.54) is 12.8 Å². The van der Waals surface area contributed by atoms with Gasteiger partial charge in [0.05, 0.1) is 6.61 Å². The molecule has 5 heteroatoms. The van der Waals surface area contributed by atoms with Gasteiger partial charge in [-0.3, -0.25) is 4.40 Å². The van der Waals surface area contributed by atoms with Crippen molar-refractivity contribution in [2.45, 2.75) is 26.2 Å². The summed E-state index contributed by atoms with van der Waals surface area (Å²) in [5.74, 6) is 0.593. The molecular formula is C11H14BrN3O. The molecule has 2 rings (SSSR count). The largest absolute Gasteiger partial charge is 0.475 e. The summed E-state index contributed by atoms with van der Waals surface area (Å²) >= 11 is 3.35. The zero-order chi connectivity index (χ0) is 11.4. The lowest BCUT2D eigenvalue weighted by molar-refractivity contribution is 0.296. The van der Waals surface area contributed by atoms with Crippen LogP contribution >= 0.6 is 15.9 Å². The molecule has 0 bridgehead atoms. The van der Waals surface area contributed by atoms with Crippen molar-refractivity contribution in [3.05, 3.63) is 23.2 Å². The second-order valence-corrected chi connectivity index (χ2v) is 4.39. The summed E-state index contributed by atoms with van der Waals surface area (Å²) in [6.45, 7) is 2.87. The van der Waals surface area contributed by atoms with E-state index in [0.29, 0.717) is 12.5 Å². The van der Waals surface area contributed by atoms with Crippen LogP contribution in [0.3, 0.4) is 0 Å². The smallest absolute Gasteiger partial charge is 0.259 e. The standard InChI is InChI=1S/C11H14BrN3O/c1-2-3-4-7-16-11-10-13-5-6-15(10)8-9(12)14-11/h5-6,8H,2-4,7H2,1H3. The molecule has 86 valence electrons. The van der Waals surface area contributed by atoms with Gasteiger partial charge in [0.15, 0.2) is 0 Å². The van der Waals surface area contributed by atoms with Crippen LogP contribution in [0.25, 0.3) is 5.65 Å². The number of ether oxygens (including phenoxy) is 1. The summed E-state index contributed by atoms with van der Waals surface area (Å²) in [5, 5.41) is 0. The molecule has 2 heterocycles. The molecule has 0 radical (unpaired) electrons. The van der Waals surface area contributed by atoms with Crippen LogP contribution < -0.4 is 4.74 Å². The van der Waals surface area contributed by atoms with Crippen LogP contribution in [0.4, 0.5) is 0 Å². The zero-order valence-electron chi connectivity index (χ0n) is 9.19. The van der Waals surface area contributed by atoms with Crippen molar-refractivity contribution in [2.24, 2.45) is 0 Å². The van der Waals surface area contributed by atoms with Crippen molar-refractivity contribution < 1.29 is 4.74 Å². The molecule has 0 aliphatic rings. The SMILES string of the molecule is CCCCCOc1nc(Br)cn2ccnc12. The maximum Gasteiger partial charge on any atom is 0.259 e. The van der Waals surface area contributed by atoms with Gasteiger partial charge in [-0.15, -0.1) is 0 Å². The minimum absolute atomic E-state index is 0.593. The number of halogens is 1. The molecule has 0 spiro atoms. The zero-order valence-corrected chi connectivity index (χ0v) is 10.8. The third-order valence-corrected chi connectivity index (χ3v) is 2.68. The van der Waals surface area contributed by atoms with E-state index in [4.69, 9.17) is 4.74 Å².